The number of nitrogens with one attached hydrogen (secondary N) is 2. The van der Waals surface area contributed by atoms with Crippen LogP contribution in [0.2, 0.25) is 0 Å². The van der Waals surface area contributed by atoms with Crippen molar-refractivity contribution in [3.63, 3.8) is 0 Å². The molecule has 1 fully saturated rings. The number of ether oxygens (including phenoxy) is 1. The number of hydrogen-bond acceptors (Lipinski definition) is 5. The van der Waals surface area contributed by atoms with Gasteiger partial charge in [-0.1, -0.05) is 0 Å². The third-order valence-electron chi connectivity index (χ3n) is 3.44. The van der Waals surface area contributed by atoms with E-state index in [2.05, 4.69) is 10.6 Å². The highest BCUT2D eigenvalue weighted by Crippen LogP contribution is 2.28. The molecular weight excluding hydrogens is 296 g/mol. The average Bonchev–Trinajstić information content (AvgIpc) is 2.77. The summed E-state index contributed by atoms with van der Waals surface area (Å²) in [5, 5.41) is 5.34. The molecule has 0 bridgehead atoms. The number of hydrogen-bond donors (Lipinski definition) is 2. The molecule has 1 atom stereocenters. The molecule has 112 valence electrons. The van der Waals surface area contributed by atoms with Crippen molar-refractivity contribution in [2.24, 2.45) is 0 Å². The van der Waals surface area contributed by atoms with Crippen LogP contribution in [-0.4, -0.2) is 44.4 Å². The number of anilines is 1. The summed E-state index contributed by atoms with van der Waals surface area (Å²) in [7, 11) is -3.03. The Hall–Kier alpha value is -2.09. The molecule has 0 aromatic heterocycles. The quantitative estimate of drug-likeness (QED) is 0.796. The van der Waals surface area contributed by atoms with Crippen LogP contribution < -0.4 is 15.4 Å². The van der Waals surface area contributed by atoms with E-state index in [1.807, 2.05) is 0 Å². The fourth-order valence-corrected chi connectivity index (χ4v) is 4.07. The van der Waals surface area contributed by atoms with Crippen molar-refractivity contribution in [2.45, 2.75) is 12.5 Å². The average molecular weight is 310 g/mol. The lowest BCUT2D eigenvalue weighted by Gasteiger charge is -2.18. The Balaban J connectivity index is 1.72. The number of benzene rings is 1. The molecule has 3 rings (SSSR count). The Kier molecular flexibility index (Phi) is 3.32. The van der Waals surface area contributed by atoms with Crippen LogP contribution in [0, 0.1) is 0 Å². The Morgan fingerprint density at radius 2 is 2.19 bits per heavy atom. The van der Waals surface area contributed by atoms with Crippen molar-refractivity contribution in [1.29, 1.82) is 0 Å². The van der Waals surface area contributed by atoms with E-state index in [1.165, 1.54) is 6.07 Å². The molecule has 0 aliphatic carbocycles. The Labute approximate surface area is 121 Å². The van der Waals surface area contributed by atoms with Gasteiger partial charge in [0.25, 0.3) is 11.8 Å². The lowest BCUT2D eigenvalue weighted by atomic mass is 10.1. The third kappa shape index (κ3) is 2.99. The van der Waals surface area contributed by atoms with Gasteiger partial charge in [0.2, 0.25) is 0 Å². The Morgan fingerprint density at radius 3 is 2.90 bits per heavy atom. The van der Waals surface area contributed by atoms with Crippen molar-refractivity contribution in [3.05, 3.63) is 23.8 Å². The van der Waals surface area contributed by atoms with Gasteiger partial charge >= 0.3 is 0 Å². The predicted octanol–water partition coefficient (Wildman–Crippen LogP) is -0.0656. The zero-order valence-electron chi connectivity index (χ0n) is 11.1. The fraction of sp³-hybridized carbons (Fsp3) is 0.385. The molecule has 2 heterocycles. The van der Waals surface area contributed by atoms with Gasteiger partial charge in [-0.15, -0.1) is 0 Å². The number of sulfone groups is 1. The highest BCUT2D eigenvalue weighted by atomic mass is 32.2. The maximum atomic E-state index is 12.1. The van der Waals surface area contributed by atoms with E-state index >= 15 is 0 Å². The van der Waals surface area contributed by atoms with E-state index < -0.39 is 9.84 Å². The normalized spacial score (nSPS) is 22.9. The molecular formula is C13H14N2O5S. The first-order valence-corrected chi connectivity index (χ1v) is 8.33. The topological polar surface area (TPSA) is 102 Å². The molecule has 2 aliphatic heterocycles. The highest BCUT2D eigenvalue weighted by molar-refractivity contribution is 7.91. The maximum Gasteiger partial charge on any atom is 0.262 e. The molecule has 7 nitrogen and oxygen atoms in total. The molecule has 1 aromatic carbocycles. The first kappa shape index (κ1) is 13.9. The summed E-state index contributed by atoms with van der Waals surface area (Å²) in [4.78, 5) is 23.3. The standard InChI is InChI=1S/C13H14N2O5S/c16-12-6-20-11-5-8(1-2-10(11)15-12)13(17)14-9-3-4-21(18,19)7-9/h1-2,5,9H,3-4,6-7H2,(H,14,17)(H,15,16). The number of carbonyl (C=O) groups is 2. The van der Waals surface area contributed by atoms with Gasteiger partial charge in [-0.3, -0.25) is 9.59 Å². The minimum Gasteiger partial charge on any atom is -0.482 e. The molecule has 2 amide bonds. The van der Waals surface area contributed by atoms with Gasteiger partial charge in [-0.2, -0.15) is 0 Å². The van der Waals surface area contributed by atoms with Crippen LogP contribution in [0.4, 0.5) is 5.69 Å². The molecule has 0 radical (unpaired) electrons. The van der Waals surface area contributed by atoms with Gasteiger partial charge < -0.3 is 15.4 Å². The molecule has 0 spiro atoms. The van der Waals surface area contributed by atoms with Crippen LogP contribution >= 0.6 is 0 Å². The Morgan fingerprint density at radius 1 is 1.38 bits per heavy atom. The largest absolute Gasteiger partial charge is 0.482 e. The van der Waals surface area contributed by atoms with Crippen LogP contribution in [-0.2, 0) is 14.6 Å². The van der Waals surface area contributed by atoms with Crippen LogP contribution in [0.3, 0.4) is 0 Å². The lowest BCUT2D eigenvalue weighted by Crippen LogP contribution is -2.35. The first-order chi connectivity index (χ1) is 9.93. The maximum absolute atomic E-state index is 12.1. The van der Waals surface area contributed by atoms with Crippen molar-refractivity contribution in [2.75, 3.05) is 23.4 Å². The fourth-order valence-electron chi connectivity index (χ4n) is 2.39. The summed E-state index contributed by atoms with van der Waals surface area (Å²) >= 11 is 0. The molecule has 1 saturated heterocycles. The van der Waals surface area contributed by atoms with Crippen LogP contribution in [0.15, 0.2) is 18.2 Å². The van der Waals surface area contributed by atoms with Gasteiger partial charge in [0.15, 0.2) is 16.4 Å². The first-order valence-electron chi connectivity index (χ1n) is 6.51. The summed E-state index contributed by atoms with van der Waals surface area (Å²) < 4.78 is 28.0. The SMILES string of the molecule is O=C1COc2cc(C(=O)NC3CCS(=O)(=O)C3)ccc2N1. The summed E-state index contributed by atoms with van der Waals surface area (Å²) in [6, 6.07) is 4.34. The molecule has 21 heavy (non-hydrogen) atoms. The van der Waals surface area contributed by atoms with Gasteiger partial charge in [-0.05, 0) is 24.6 Å². The molecule has 8 heteroatoms. The summed E-state index contributed by atoms with van der Waals surface area (Å²) in [5.41, 5.74) is 0.889. The van der Waals surface area contributed by atoms with Gasteiger partial charge in [0.1, 0.15) is 5.75 Å². The molecule has 1 unspecified atom stereocenters. The Bertz CT molecular complexity index is 713. The number of fused-ring (bicyclic) bond motifs is 1. The van der Waals surface area contributed by atoms with Crippen molar-refractivity contribution >= 4 is 27.3 Å². The smallest absolute Gasteiger partial charge is 0.262 e. The van der Waals surface area contributed by atoms with E-state index in [4.69, 9.17) is 4.74 Å². The molecule has 0 saturated carbocycles. The van der Waals surface area contributed by atoms with Crippen molar-refractivity contribution in [1.82, 2.24) is 5.32 Å². The van der Waals surface area contributed by atoms with Crippen LogP contribution in [0.1, 0.15) is 16.8 Å². The predicted molar refractivity (Wildman–Crippen MR) is 75.1 cm³/mol. The summed E-state index contributed by atoms with van der Waals surface area (Å²) in [5.74, 6) is -0.0643. The molecule has 2 aliphatic rings. The van der Waals surface area contributed by atoms with Crippen molar-refractivity contribution < 1.29 is 22.7 Å². The minimum atomic E-state index is -3.03. The monoisotopic (exact) mass is 310 g/mol. The van der Waals surface area contributed by atoms with E-state index in [9.17, 15) is 18.0 Å². The second kappa shape index (κ2) is 5.03. The second-order valence-corrected chi connectivity index (χ2v) is 7.35. The highest BCUT2D eigenvalue weighted by Gasteiger charge is 2.29. The molecule has 1 aromatic rings. The lowest BCUT2D eigenvalue weighted by molar-refractivity contribution is -0.118. The van der Waals surface area contributed by atoms with Gasteiger partial charge in [0.05, 0.1) is 17.2 Å². The van der Waals surface area contributed by atoms with E-state index in [1.54, 1.807) is 12.1 Å². The van der Waals surface area contributed by atoms with Gasteiger partial charge in [0, 0.05) is 11.6 Å². The number of rotatable bonds is 2. The van der Waals surface area contributed by atoms with E-state index in [0.29, 0.717) is 23.4 Å². The third-order valence-corrected chi connectivity index (χ3v) is 5.21. The van der Waals surface area contributed by atoms with Gasteiger partial charge in [-0.25, -0.2) is 8.42 Å². The van der Waals surface area contributed by atoms with Crippen LogP contribution in [0.5, 0.6) is 5.75 Å². The summed E-state index contributed by atoms with van der Waals surface area (Å²) in [6.07, 6.45) is 0.436. The van der Waals surface area contributed by atoms with Crippen LogP contribution in [0.25, 0.3) is 0 Å². The van der Waals surface area contributed by atoms with Crippen molar-refractivity contribution in [3.8, 4) is 5.75 Å². The number of carbonyl (C=O) groups excluding carboxylic acids is 2. The zero-order valence-corrected chi connectivity index (χ0v) is 11.9. The second-order valence-electron chi connectivity index (χ2n) is 5.12. The minimum absolute atomic E-state index is 0.0176. The van der Waals surface area contributed by atoms with E-state index in [0.717, 1.165) is 0 Å². The van der Waals surface area contributed by atoms with E-state index in [-0.39, 0.29) is 36.0 Å². The summed E-state index contributed by atoms with van der Waals surface area (Å²) in [6.45, 7) is -0.0844. The number of amides is 2. The molecule has 2 N–H and O–H groups in total. The zero-order chi connectivity index (χ0) is 15.0.